The lowest BCUT2D eigenvalue weighted by Crippen LogP contribution is -2.08. The number of carbonyl (C=O) groups is 1. The van der Waals surface area contributed by atoms with Crippen LogP contribution in [0.25, 0.3) is 6.08 Å². The Morgan fingerprint density at radius 3 is 2.70 bits per heavy atom. The van der Waals surface area contributed by atoms with E-state index in [-0.39, 0.29) is 5.69 Å². The number of nitrogens with one attached hydrogen (secondary N) is 1. The summed E-state index contributed by atoms with van der Waals surface area (Å²) in [5.41, 5.74) is 0.124. The Hall–Kier alpha value is -3.42. The number of anilines is 1. The van der Waals surface area contributed by atoms with E-state index in [0.29, 0.717) is 23.7 Å². The van der Waals surface area contributed by atoms with Crippen LogP contribution in [0.4, 0.5) is 15.8 Å². The Labute approximate surface area is 155 Å². The molecule has 0 bridgehead atoms. The summed E-state index contributed by atoms with van der Waals surface area (Å²) in [5, 5.41) is 13.2. The lowest BCUT2D eigenvalue weighted by atomic mass is 10.2. The molecule has 2 rings (SSSR count). The number of ether oxygens (including phenoxy) is 2. The molecular formula is C19H19FN2O5. The van der Waals surface area contributed by atoms with Crippen molar-refractivity contribution >= 4 is 23.4 Å². The highest BCUT2D eigenvalue weighted by atomic mass is 19.1. The van der Waals surface area contributed by atoms with Gasteiger partial charge in [0.1, 0.15) is 0 Å². The second-order valence-corrected chi connectivity index (χ2v) is 5.50. The van der Waals surface area contributed by atoms with Gasteiger partial charge >= 0.3 is 5.69 Å². The third kappa shape index (κ3) is 5.53. The molecule has 142 valence electrons. The Bertz CT molecular complexity index is 867. The van der Waals surface area contributed by atoms with Crippen molar-refractivity contribution in [3.8, 4) is 11.5 Å². The van der Waals surface area contributed by atoms with Crippen molar-refractivity contribution in [3.05, 3.63) is 64.0 Å². The van der Waals surface area contributed by atoms with Crippen molar-refractivity contribution in [1.29, 1.82) is 0 Å². The zero-order valence-electron chi connectivity index (χ0n) is 14.9. The highest BCUT2D eigenvalue weighted by Gasteiger charge is 2.14. The zero-order valence-corrected chi connectivity index (χ0v) is 14.9. The second kappa shape index (κ2) is 9.33. The summed E-state index contributed by atoms with van der Waals surface area (Å²) in [6, 6.07) is 8.37. The lowest BCUT2D eigenvalue weighted by Gasteiger charge is -2.10. The van der Waals surface area contributed by atoms with Crippen LogP contribution in [0.3, 0.4) is 0 Å². The number of hydrogen-bond donors (Lipinski definition) is 1. The van der Waals surface area contributed by atoms with Crippen LogP contribution < -0.4 is 14.8 Å². The molecule has 0 aliphatic heterocycles. The monoisotopic (exact) mass is 374 g/mol. The molecule has 7 nitrogen and oxygen atoms in total. The molecule has 8 heteroatoms. The van der Waals surface area contributed by atoms with Gasteiger partial charge in [0, 0.05) is 17.8 Å². The van der Waals surface area contributed by atoms with E-state index in [0.717, 1.165) is 18.6 Å². The number of rotatable bonds is 8. The van der Waals surface area contributed by atoms with Gasteiger partial charge in [0.2, 0.25) is 11.7 Å². The molecule has 0 saturated carbocycles. The number of hydrogen-bond acceptors (Lipinski definition) is 5. The van der Waals surface area contributed by atoms with Crippen LogP contribution in [0.2, 0.25) is 0 Å². The van der Waals surface area contributed by atoms with Gasteiger partial charge in [0.25, 0.3) is 0 Å². The average Bonchev–Trinajstić information content (AvgIpc) is 2.66. The van der Waals surface area contributed by atoms with Crippen molar-refractivity contribution in [2.24, 2.45) is 0 Å². The van der Waals surface area contributed by atoms with Crippen LogP contribution in [0.15, 0.2) is 42.5 Å². The summed E-state index contributed by atoms with van der Waals surface area (Å²) in [4.78, 5) is 21.9. The number of carbonyl (C=O) groups excluding carboxylic acids is 1. The molecule has 2 aromatic rings. The van der Waals surface area contributed by atoms with Gasteiger partial charge in [-0.2, -0.15) is 4.39 Å². The number of amides is 1. The molecule has 0 spiro atoms. The molecule has 0 aromatic heterocycles. The van der Waals surface area contributed by atoms with Gasteiger partial charge in [-0.15, -0.1) is 0 Å². The largest absolute Gasteiger partial charge is 0.493 e. The van der Waals surface area contributed by atoms with E-state index < -0.39 is 22.3 Å². The number of nitrogens with zero attached hydrogens (tertiary/aromatic N) is 1. The molecular weight excluding hydrogens is 355 g/mol. The smallest absolute Gasteiger partial charge is 0.306 e. The van der Waals surface area contributed by atoms with Gasteiger partial charge in [-0.25, -0.2) is 0 Å². The summed E-state index contributed by atoms with van der Waals surface area (Å²) in [6.07, 6.45) is 3.68. The maximum atomic E-state index is 13.3. The lowest BCUT2D eigenvalue weighted by molar-refractivity contribution is -0.387. The molecule has 2 aromatic carbocycles. The fourth-order valence-corrected chi connectivity index (χ4v) is 2.21. The summed E-state index contributed by atoms with van der Waals surface area (Å²) in [5.74, 6) is -0.327. The van der Waals surface area contributed by atoms with Crippen LogP contribution in [0.5, 0.6) is 11.5 Å². The number of benzene rings is 2. The fourth-order valence-electron chi connectivity index (χ4n) is 2.21. The summed E-state index contributed by atoms with van der Waals surface area (Å²) >= 11 is 0. The molecule has 0 saturated heterocycles. The highest BCUT2D eigenvalue weighted by molar-refractivity contribution is 6.02. The minimum absolute atomic E-state index is 0.124. The van der Waals surface area contributed by atoms with Crippen molar-refractivity contribution in [1.82, 2.24) is 0 Å². The first-order chi connectivity index (χ1) is 12.9. The Balaban J connectivity index is 2.08. The first-order valence-electron chi connectivity index (χ1n) is 8.18. The van der Waals surface area contributed by atoms with Gasteiger partial charge in [-0.3, -0.25) is 14.9 Å². The number of halogens is 1. The summed E-state index contributed by atoms with van der Waals surface area (Å²) in [7, 11) is 1.52. The predicted molar refractivity (Wildman–Crippen MR) is 99.5 cm³/mol. The highest BCUT2D eigenvalue weighted by Crippen LogP contribution is 2.28. The van der Waals surface area contributed by atoms with Gasteiger partial charge in [0.05, 0.1) is 18.6 Å². The Kier molecular flexibility index (Phi) is 6.87. The zero-order chi connectivity index (χ0) is 19.8. The molecule has 0 atom stereocenters. The third-order valence-corrected chi connectivity index (χ3v) is 3.49. The van der Waals surface area contributed by atoms with Crippen LogP contribution in [0, 0.1) is 15.9 Å². The molecule has 0 unspecified atom stereocenters. The molecule has 27 heavy (non-hydrogen) atoms. The van der Waals surface area contributed by atoms with Gasteiger partial charge in [-0.1, -0.05) is 13.0 Å². The average molecular weight is 374 g/mol. The molecule has 0 aliphatic carbocycles. The Morgan fingerprint density at radius 2 is 2.04 bits per heavy atom. The van der Waals surface area contributed by atoms with E-state index in [1.54, 1.807) is 24.3 Å². The minimum atomic E-state index is -0.967. The van der Waals surface area contributed by atoms with Crippen molar-refractivity contribution in [2.75, 3.05) is 19.0 Å². The van der Waals surface area contributed by atoms with Crippen LogP contribution in [-0.4, -0.2) is 24.5 Å². The van der Waals surface area contributed by atoms with E-state index in [2.05, 4.69) is 5.32 Å². The maximum absolute atomic E-state index is 13.3. The SMILES string of the molecule is CCCOc1ccc(/C=C/C(=O)Nc2ccc(F)c([N+](=O)[O-])c2)cc1OC. The third-order valence-electron chi connectivity index (χ3n) is 3.49. The number of methoxy groups -OCH3 is 1. The normalized spacial score (nSPS) is 10.6. The molecule has 0 aliphatic rings. The maximum Gasteiger partial charge on any atom is 0.306 e. The second-order valence-electron chi connectivity index (χ2n) is 5.50. The van der Waals surface area contributed by atoms with Crippen LogP contribution >= 0.6 is 0 Å². The molecule has 0 heterocycles. The quantitative estimate of drug-likeness (QED) is 0.425. The van der Waals surface area contributed by atoms with Gasteiger partial charge < -0.3 is 14.8 Å². The minimum Gasteiger partial charge on any atom is -0.493 e. The van der Waals surface area contributed by atoms with E-state index in [1.165, 1.54) is 19.3 Å². The molecule has 1 N–H and O–H groups in total. The van der Waals surface area contributed by atoms with E-state index >= 15 is 0 Å². The molecule has 0 fully saturated rings. The van der Waals surface area contributed by atoms with Gasteiger partial charge in [0.15, 0.2) is 11.5 Å². The van der Waals surface area contributed by atoms with Crippen LogP contribution in [-0.2, 0) is 4.79 Å². The van der Waals surface area contributed by atoms with E-state index in [1.807, 2.05) is 6.92 Å². The standard InChI is InChI=1S/C19H19FN2O5/c1-3-10-27-17-8-4-13(11-18(17)26-2)5-9-19(23)21-14-6-7-15(20)16(12-14)22(24)25/h4-9,11-12H,3,10H2,1-2H3,(H,21,23)/b9-5+. The summed E-state index contributed by atoms with van der Waals surface area (Å²) in [6.45, 7) is 2.57. The first-order valence-corrected chi connectivity index (χ1v) is 8.18. The van der Waals surface area contributed by atoms with Crippen molar-refractivity contribution < 1.29 is 23.6 Å². The predicted octanol–water partition coefficient (Wildman–Crippen LogP) is 4.18. The van der Waals surface area contributed by atoms with E-state index in [4.69, 9.17) is 9.47 Å². The molecule has 0 radical (unpaired) electrons. The van der Waals surface area contributed by atoms with Crippen molar-refractivity contribution in [2.45, 2.75) is 13.3 Å². The number of nitro groups is 1. The number of nitro benzene ring substituents is 1. The van der Waals surface area contributed by atoms with E-state index in [9.17, 15) is 19.3 Å². The summed E-state index contributed by atoms with van der Waals surface area (Å²) < 4.78 is 24.2. The topological polar surface area (TPSA) is 90.7 Å². The molecule has 1 amide bonds. The van der Waals surface area contributed by atoms with Crippen molar-refractivity contribution in [3.63, 3.8) is 0 Å². The fraction of sp³-hybridized carbons (Fsp3) is 0.211. The Morgan fingerprint density at radius 1 is 1.26 bits per heavy atom. The van der Waals surface area contributed by atoms with Crippen LogP contribution in [0.1, 0.15) is 18.9 Å². The first kappa shape index (κ1) is 19.9. The van der Waals surface area contributed by atoms with Gasteiger partial charge in [-0.05, 0) is 42.3 Å².